The van der Waals surface area contributed by atoms with E-state index in [0.29, 0.717) is 19.0 Å². The average molecular weight is 383 g/mol. The van der Waals surface area contributed by atoms with Crippen LogP contribution in [0.25, 0.3) is 0 Å². The molecule has 148 valence electrons. The van der Waals surface area contributed by atoms with E-state index in [-0.39, 0.29) is 5.75 Å². The summed E-state index contributed by atoms with van der Waals surface area (Å²) in [6, 6.07) is 6.45. The minimum absolute atomic E-state index is 0.182. The summed E-state index contributed by atoms with van der Waals surface area (Å²) in [5.74, 6) is 0.802. The Bertz CT molecular complexity index is 782. The second kappa shape index (κ2) is 8.79. The Morgan fingerprint density at radius 2 is 1.78 bits per heavy atom. The van der Waals surface area contributed by atoms with Crippen LogP contribution in [0, 0.1) is 13.8 Å². The Kier molecular flexibility index (Phi) is 6.70. The molecule has 27 heavy (non-hydrogen) atoms. The lowest BCUT2D eigenvalue weighted by atomic mass is 10.2. The summed E-state index contributed by atoms with van der Waals surface area (Å²) >= 11 is 0. The number of benzene rings is 1. The lowest BCUT2D eigenvalue weighted by Gasteiger charge is -2.13. The van der Waals surface area contributed by atoms with Crippen molar-refractivity contribution in [2.24, 2.45) is 12.0 Å². The van der Waals surface area contributed by atoms with Crippen LogP contribution in [0.15, 0.2) is 29.3 Å². The molecule has 1 aromatic heterocycles. The molecule has 0 aliphatic heterocycles. The van der Waals surface area contributed by atoms with Crippen molar-refractivity contribution in [1.82, 2.24) is 20.4 Å². The van der Waals surface area contributed by atoms with Gasteiger partial charge < -0.3 is 15.4 Å². The Balaban J connectivity index is 1.85. The van der Waals surface area contributed by atoms with Gasteiger partial charge in [0.05, 0.1) is 5.69 Å². The first kappa shape index (κ1) is 20.6. The number of nitrogens with one attached hydrogen (secondary N) is 2. The predicted molar refractivity (Wildman–Crippen MR) is 97.7 cm³/mol. The number of alkyl halides is 3. The highest BCUT2D eigenvalue weighted by Gasteiger charge is 2.28. The largest absolute Gasteiger partial charge is 0.484 e. The molecule has 0 radical (unpaired) electrons. The molecule has 0 fully saturated rings. The lowest BCUT2D eigenvalue weighted by molar-refractivity contribution is -0.153. The molecule has 9 heteroatoms. The number of aliphatic imine (C=N–C) groups is 1. The van der Waals surface area contributed by atoms with Gasteiger partial charge in [-0.2, -0.15) is 18.3 Å². The van der Waals surface area contributed by atoms with Crippen molar-refractivity contribution >= 4 is 5.96 Å². The van der Waals surface area contributed by atoms with Gasteiger partial charge in [0.15, 0.2) is 12.6 Å². The van der Waals surface area contributed by atoms with E-state index in [1.165, 1.54) is 12.1 Å². The van der Waals surface area contributed by atoms with Crippen LogP contribution in [-0.4, -0.2) is 35.6 Å². The van der Waals surface area contributed by atoms with Crippen LogP contribution in [0.4, 0.5) is 13.2 Å². The van der Waals surface area contributed by atoms with Gasteiger partial charge in [0, 0.05) is 38.4 Å². The molecule has 0 atom stereocenters. The standard InChI is InChI=1S/C18H24F3N5O/c1-12-16(13(2)26(4)25-12)10-24-17(22-3)23-9-14-5-7-15(8-6-14)27-11-18(19,20)21/h5-8H,9-11H2,1-4H3,(H2,22,23,24). The average Bonchev–Trinajstić information content (AvgIpc) is 2.86. The van der Waals surface area contributed by atoms with Gasteiger partial charge in [-0.3, -0.25) is 9.67 Å². The van der Waals surface area contributed by atoms with Gasteiger partial charge in [-0.1, -0.05) is 12.1 Å². The predicted octanol–water partition coefficient (Wildman–Crippen LogP) is 2.84. The van der Waals surface area contributed by atoms with Crippen molar-refractivity contribution in [2.45, 2.75) is 33.1 Å². The van der Waals surface area contributed by atoms with E-state index in [2.05, 4.69) is 20.7 Å². The maximum atomic E-state index is 12.2. The van der Waals surface area contributed by atoms with Crippen LogP contribution >= 0.6 is 0 Å². The van der Waals surface area contributed by atoms with Crippen molar-refractivity contribution in [2.75, 3.05) is 13.7 Å². The van der Waals surface area contributed by atoms with Gasteiger partial charge in [-0.05, 0) is 31.5 Å². The molecule has 0 saturated carbocycles. The summed E-state index contributed by atoms with van der Waals surface area (Å²) < 4.78 is 43.0. The summed E-state index contributed by atoms with van der Waals surface area (Å²) in [6.07, 6.45) is -4.34. The fourth-order valence-electron chi connectivity index (χ4n) is 2.52. The van der Waals surface area contributed by atoms with E-state index in [0.717, 1.165) is 22.5 Å². The fraction of sp³-hybridized carbons (Fsp3) is 0.444. The molecule has 0 aliphatic rings. The van der Waals surface area contributed by atoms with E-state index in [1.807, 2.05) is 25.6 Å². The normalized spacial score (nSPS) is 12.2. The van der Waals surface area contributed by atoms with Crippen molar-refractivity contribution in [3.05, 3.63) is 46.8 Å². The van der Waals surface area contributed by atoms with Gasteiger partial charge in [0.25, 0.3) is 0 Å². The molecule has 0 bridgehead atoms. The highest BCUT2D eigenvalue weighted by Crippen LogP contribution is 2.18. The highest BCUT2D eigenvalue weighted by molar-refractivity contribution is 5.79. The van der Waals surface area contributed by atoms with Crippen LogP contribution in [0.1, 0.15) is 22.5 Å². The molecule has 0 spiro atoms. The van der Waals surface area contributed by atoms with Crippen LogP contribution < -0.4 is 15.4 Å². The van der Waals surface area contributed by atoms with Crippen LogP contribution in [-0.2, 0) is 20.1 Å². The first-order chi connectivity index (χ1) is 12.7. The summed E-state index contributed by atoms with van der Waals surface area (Å²) in [6.45, 7) is 3.74. The minimum atomic E-state index is -4.34. The molecule has 6 nitrogen and oxygen atoms in total. The Morgan fingerprint density at radius 3 is 2.30 bits per heavy atom. The zero-order valence-corrected chi connectivity index (χ0v) is 15.8. The lowest BCUT2D eigenvalue weighted by Crippen LogP contribution is -2.36. The Morgan fingerprint density at radius 1 is 1.15 bits per heavy atom. The van der Waals surface area contributed by atoms with Gasteiger partial charge in [0.1, 0.15) is 5.75 Å². The monoisotopic (exact) mass is 383 g/mol. The summed E-state index contributed by atoms with van der Waals surface area (Å²) in [5, 5.41) is 10.8. The number of aromatic nitrogens is 2. The number of hydrogen-bond donors (Lipinski definition) is 2. The first-order valence-corrected chi connectivity index (χ1v) is 8.41. The van der Waals surface area contributed by atoms with Crippen LogP contribution in [0.2, 0.25) is 0 Å². The molecular weight excluding hydrogens is 359 g/mol. The number of rotatable bonds is 6. The number of hydrogen-bond acceptors (Lipinski definition) is 3. The first-order valence-electron chi connectivity index (χ1n) is 8.41. The van der Waals surface area contributed by atoms with Crippen LogP contribution in [0.5, 0.6) is 5.75 Å². The molecule has 1 aromatic carbocycles. The zero-order valence-electron chi connectivity index (χ0n) is 15.8. The van der Waals surface area contributed by atoms with E-state index in [1.54, 1.807) is 19.2 Å². The van der Waals surface area contributed by atoms with E-state index in [9.17, 15) is 13.2 Å². The second-order valence-electron chi connectivity index (χ2n) is 6.10. The van der Waals surface area contributed by atoms with Crippen molar-refractivity contribution in [3.8, 4) is 5.75 Å². The van der Waals surface area contributed by atoms with Crippen LogP contribution in [0.3, 0.4) is 0 Å². The summed E-state index contributed by atoms with van der Waals surface area (Å²) in [4.78, 5) is 4.18. The summed E-state index contributed by atoms with van der Waals surface area (Å²) in [5.41, 5.74) is 4.06. The fourth-order valence-corrected chi connectivity index (χ4v) is 2.52. The van der Waals surface area contributed by atoms with Crippen molar-refractivity contribution in [1.29, 1.82) is 0 Å². The molecular formula is C18H24F3N5O. The Labute approximate surface area is 156 Å². The maximum Gasteiger partial charge on any atom is 0.422 e. The smallest absolute Gasteiger partial charge is 0.422 e. The number of ether oxygens (including phenoxy) is 1. The molecule has 0 amide bonds. The van der Waals surface area contributed by atoms with E-state index < -0.39 is 12.8 Å². The van der Waals surface area contributed by atoms with Gasteiger partial charge in [-0.15, -0.1) is 0 Å². The minimum Gasteiger partial charge on any atom is -0.484 e. The maximum absolute atomic E-state index is 12.2. The molecule has 0 unspecified atom stereocenters. The third kappa shape index (κ3) is 6.19. The number of halogens is 3. The SMILES string of the molecule is CN=C(NCc1ccc(OCC(F)(F)F)cc1)NCc1c(C)nn(C)c1C. The summed E-state index contributed by atoms with van der Waals surface area (Å²) in [7, 11) is 3.58. The highest BCUT2D eigenvalue weighted by atomic mass is 19.4. The molecule has 1 heterocycles. The van der Waals surface area contributed by atoms with Gasteiger partial charge in [-0.25, -0.2) is 0 Å². The van der Waals surface area contributed by atoms with Crippen molar-refractivity contribution < 1.29 is 17.9 Å². The molecule has 2 rings (SSSR count). The second-order valence-corrected chi connectivity index (χ2v) is 6.10. The van der Waals surface area contributed by atoms with E-state index in [4.69, 9.17) is 4.74 Å². The number of nitrogens with zero attached hydrogens (tertiary/aromatic N) is 3. The quantitative estimate of drug-likeness (QED) is 0.595. The topological polar surface area (TPSA) is 63.5 Å². The number of guanidine groups is 1. The number of aryl methyl sites for hydroxylation is 2. The molecule has 2 N–H and O–H groups in total. The Hall–Kier alpha value is -2.71. The van der Waals surface area contributed by atoms with E-state index >= 15 is 0 Å². The molecule has 2 aromatic rings. The molecule has 0 aliphatic carbocycles. The van der Waals surface area contributed by atoms with Gasteiger partial charge in [0.2, 0.25) is 0 Å². The van der Waals surface area contributed by atoms with Crippen molar-refractivity contribution in [3.63, 3.8) is 0 Å². The third-order valence-corrected chi connectivity index (χ3v) is 4.10. The zero-order chi connectivity index (χ0) is 20.0. The molecule has 0 saturated heterocycles. The third-order valence-electron chi connectivity index (χ3n) is 4.10. The van der Waals surface area contributed by atoms with Gasteiger partial charge >= 0.3 is 6.18 Å².